The second-order valence-corrected chi connectivity index (χ2v) is 13.4. The number of phenols is 2. The fraction of sp³-hybridized carbons (Fsp3) is 0.450. The highest BCUT2D eigenvalue weighted by atomic mass is 16.8. The van der Waals surface area contributed by atoms with Gasteiger partial charge in [-0.15, -0.1) is 0 Å². The minimum atomic E-state index is -2.63. The van der Waals surface area contributed by atoms with Crippen LogP contribution in [0.15, 0.2) is 48.6 Å². The van der Waals surface area contributed by atoms with E-state index in [2.05, 4.69) is 0 Å². The number of phenolic OH excluding ortho intramolecular Hbond substituents is 2. The van der Waals surface area contributed by atoms with E-state index in [0.29, 0.717) is 11.1 Å². The number of methoxy groups -OCH3 is 2. The number of rotatable bonds is 17. The summed E-state index contributed by atoms with van der Waals surface area (Å²) < 4.78 is 60.1. The van der Waals surface area contributed by atoms with Crippen molar-refractivity contribution in [2.75, 3.05) is 34.0 Å². The Morgan fingerprint density at radius 1 is 0.656 bits per heavy atom. The van der Waals surface area contributed by atoms with E-state index in [0.717, 1.165) is 39.8 Å². The molecule has 2 aliphatic rings. The molecular weight excluding hydrogens is 816 g/mol. The molecule has 2 heterocycles. The zero-order chi connectivity index (χ0) is 45.0. The fourth-order valence-corrected chi connectivity index (χ4v) is 6.07. The number of aromatic hydroxyl groups is 2. The monoisotopic (exact) mass is 862 g/mol. The first-order valence-corrected chi connectivity index (χ1v) is 18.3. The lowest BCUT2D eigenvalue weighted by Crippen LogP contribution is -2.65. The maximum Gasteiger partial charge on any atom is 0.331 e. The summed E-state index contributed by atoms with van der Waals surface area (Å²) >= 11 is 0. The van der Waals surface area contributed by atoms with Crippen LogP contribution < -0.4 is 9.47 Å². The quantitative estimate of drug-likeness (QED) is 0.0974. The molecule has 2 aromatic rings. The number of carbonyl (C=O) groups excluding carboxylic acids is 6. The third-order valence-electron chi connectivity index (χ3n) is 8.80. The van der Waals surface area contributed by atoms with Crippen LogP contribution in [0.5, 0.6) is 23.0 Å². The molecule has 21 nitrogen and oxygen atoms in total. The number of benzene rings is 2. The van der Waals surface area contributed by atoms with Crippen LogP contribution in [0.2, 0.25) is 0 Å². The Morgan fingerprint density at radius 2 is 1.18 bits per heavy atom. The molecule has 2 aromatic carbocycles. The van der Waals surface area contributed by atoms with Crippen molar-refractivity contribution in [1.29, 1.82) is 0 Å². The van der Waals surface area contributed by atoms with E-state index in [4.69, 9.17) is 52.1 Å². The largest absolute Gasteiger partial charge is 0.504 e. The van der Waals surface area contributed by atoms with Gasteiger partial charge in [-0.3, -0.25) is 19.2 Å². The van der Waals surface area contributed by atoms with E-state index in [1.807, 2.05) is 0 Å². The molecule has 0 radical (unpaired) electrons. The van der Waals surface area contributed by atoms with Gasteiger partial charge in [0.15, 0.2) is 47.6 Å². The number of ether oxygens (including phenoxy) is 11. The molecule has 4 N–H and O–H groups in total. The van der Waals surface area contributed by atoms with Crippen molar-refractivity contribution in [2.24, 2.45) is 0 Å². The summed E-state index contributed by atoms with van der Waals surface area (Å²) in [6.45, 7) is 1.69. The summed E-state index contributed by atoms with van der Waals surface area (Å²) in [7, 11) is 2.65. The van der Waals surface area contributed by atoms with E-state index in [9.17, 15) is 49.2 Å². The number of aliphatic hydroxyl groups excluding tert-OH is 2. The smallest absolute Gasteiger partial charge is 0.331 e. The maximum absolute atomic E-state index is 13.4. The molecule has 0 aromatic heterocycles. The number of carbonyl (C=O) groups is 6. The van der Waals surface area contributed by atoms with Gasteiger partial charge in [-0.05, 0) is 47.5 Å². The van der Waals surface area contributed by atoms with E-state index in [1.54, 1.807) is 0 Å². The molecule has 2 fully saturated rings. The molecule has 4 rings (SSSR count). The Morgan fingerprint density at radius 3 is 1.70 bits per heavy atom. The second kappa shape index (κ2) is 21.3. The Hall–Kier alpha value is -6.26. The number of aliphatic hydroxyl groups is 2. The highest BCUT2D eigenvalue weighted by Gasteiger charge is 2.63. The molecule has 0 saturated carbocycles. The summed E-state index contributed by atoms with van der Waals surface area (Å²) in [4.78, 5) is 74.6. The first-order valence-electron chi connectivity index (χ1n) is 18.3. The third kappa shape index (κ3) is 12.9. The zero-order valence-electron chi connectivity index (χ0n) is 33.7. The van der Waals surface area contributed by atoms with Crippen molar-refractivity contribution < 1.29 is 101 Å². The van der Waals surface area contributed by atoms with Gasteiger partial charge in [0.05, 0.1) is 14.2 Å². The van der Waals surface area contributed by atoms with Crippen LogP contribution in [0.3, 0.4) is 0 Å². The molecule has 332 valence electrons. The summed E-state index contributed by atoms with van der Waals surface area (Å²) in [6, 6.07) is 8.40. The van der Waals surface area contributed by atoms with Crippen LogP contribution in [0.25, 0.3) is 12.2 Å². The molecule has 0 aliphatic carbocycles. The minimum absolute atomic E-state index is 0.0833. The van der Waals surface area contributed by atoms with Gasteiger partial charge in [0, 0.05) is 39.8 Å². The van der Waals surface area contributed by atoms with Crippen LogP contribution in [0.4, 0.5) is 0 Å². The lowest BCUT2D eigenvalue weighted by Gasteiger charge is -2.45. The van der Waals surface area contributed by atoms with Gasteiger partial charge in [-0.1, -0.05) is 12.1 Å². The van der Waals surface area contributed by atoms with E-state index in [1.165, 1.54) is 62.8 Å². The van der Waals surface area contributed by atoms with Gasteiger partial charge in [0.2, 0.25) is 5.79 Å². The fourth-order valence-electron chi connectivity index (χ4n) is 6.07. The predicted octanol–water partition coefficient (Wildman–Crippen LogP) is 0.845. The Kier molecular flexibility index (Phi) is 16.6. The highest BCUT2D eigenvalue weighted by Crippen LogP contribution is 2.40. The van der Waals surface area contributed by atoms with Crippen molar-refractivity contribution >= 4 is 48.0 Å². The second-order valence-electron chi connectivity index (χ2n) is 13.4. The van der Waals surface area contributed by atoms with Crippen LogP contribution >= 0.6 is 0 Å². The summed E-state index contributed by atoms with van der Waals surface area (Å²) in [5, 5.41) is 43.0. The molecular formula is C40H46O21. The Labute approximate surface area is 348 Å². The zero-order valence-corrected chi connectivity index (χ0v) is 33.7. The molecule has 2 aliphatic heterocycles. The molecule has 0 spiro atoms. The van der Waals surface area contributed by atoms with Crippen molar-refractivity contribution in [3.05, 3.63) is 59.7 Å². The Balaban J connectivity index is 1.71. The van der Waals surface area contributed by atoms with Gasteiger partial charge in [0.1, 0.15) is 44.2 Å². The van der Waals surface area contributed by atoms with E-state index >= 15 is 0 Å². The number of hydrogen-bond acceptors (Lipinski definition) is 21. The average molecular weight is 863 g/mol. The van der Waals surface area contributed by atoms with Crippen molar-refractivity contribution in [3.63, 3.8) is 0 Å². The van der Waals surface area contributed by atoms with Crippen molar-refractivity contribution in [1.82, 2.24) is 0 Å². The first kappa shape index (κ1) is 47.4. The number of esters is 6. The average Bonchev–Trinajstić information content (AvgIpc) is 3.45. The lowest BCUT2D eigenvalue weighted by atomic mass is 9.98. The standard InChI is InChI=1S/C40H46O21/c1-20(41)53-18-31-36(56-22(3)43)37(57-23(4)44)35(50)39(58-31)61-40(19-55-21(2)42)38(59-33(48)14-10-25-8-12-27(46)29(16-25)52-6)34(49)30(60-40)17-54-32(47)13-9-24-7-11-26(45)28(15-24)51-5/h7-16,30-31,34-39,45-46,49-50H,17-19H2,1-6H3/b13-9+,14-10+/t30-,31-,34-,35-,36-,37-,38+,39-,40+/m1/s1. The van der Waals surface area contributed by atoms with Gasteiger partial charge in [-0.25, -0.2) is 9.59 Å². The van der Waals surface area contributed by atoms with Crippen LogP contribution in [0, 0.1) is 0 Å². The normalized spacial score (nSPS) is 26.0. The highest BCUT2D eigenvalue weighted by molar-refractivity contribution is 5.88. The van der Waals surface area contributed by atoms with Crippen molar-refractivity contribution in [2.45, 2.75) is 82.5 Å². The Bertz CT molecular complexity index is 1980. The van der Waals surface area contributed by atoms with Gasteiger partial charge >= 0.3 is 35.8 Å². The maximum atomic E-state index is 13.4. The molecule has 2 saturated heterocycles. The third-order valence-corrected chi connectivity index (χ3v) is 8.80. The molecule has 21 heteroatoms. The van der Waals surface area contributed by atoms with Crippen LogP contribution in [-0.2, 0) is 71.4 Å². The van der Waals surface area contributed by atoms with E-state index in [-0.39, 0.29) is 23.0 Å². The molecule has 0 unspecified atom stereocenters. The topological polar surface area (TPSA) is 285 Å². The lowest BCUT2D eigenvalue weighted by molar-refractivity contribution is -0.384. The van der Waals surface area contributed by atoms with Crippen LogP contribution in [-0.4, -0.2) is 145 Å². The SMILES string of the molecule is COc1cc(/C=C/C(=O)OC[C@H]2O[C@@](COC(C)=O)(O[C@H]3O[C@H](COC(C)=O)[C@@H](OC(C)=O)[C@H](OC(C)=O)[C@H]3O)[C@@H](OC(=O)/C=C/c3ccc(O)c(OC)c3)[C@@H]2O)ccc1O. The van der Waals surface area contributed by atoms with Gasteiger partial charge < -0.3 is 72.5 Å². The summed E-state index contributed by atoms with van der Waals surface area (Å²) in [5.41, 5.74) is 0.793. The summed E-state index contributed by atoms with van der Waals surface area (Å²) in [5.74, 6) is -8.42. The van der Waals surface area contributed by atoms with Crippen molar-refractivity contribution in [3.8, 4) is 23.0 Å². The minimum Gasteiger partial charge on any atom is -0.504 e. The number of hydrogen-bond donors (Lipinski definition) is 4. The van der Waals surface area contributed by atoms with E-state index < -0.39 is 110 Å². The molecule has 9 atom stereocenters. The molecule has 0 amide bonds. The first-order chi connectivity index (χ1) is 28.9. The predicted molar refractivity (Wildman–Crippen MR) is 202 cm³/mol. The molecule has 61 heavy (non-hydrogen) atoms. The van der Waals surface area contributed by atoms with Crippen LogP contribution in [0.1, 0.15) is 38.8 Å². The summed E-state index contributed by atoms with van der Waals surface area (Å²) in [6.07, 6.45) is -10.0. The molecule has 0 bridgehead atoms. The van der Waals surface area contributed by atoms with Gasteiger partial charge in [-0.2, -0.15) is 0 Å². The van der Waals surface area contributed by atoms with Gasteiger partial charge in [0.25, 0.3) is 0 Å².